The van der Waals surface area contributed by atoms with Crippen LogP contribution in [0.1, 0.15) is 33.1 Å². The second-order valence-corrected chi connectivity index (χ2v) is 6.49. The summed E-state index contributed by atoms with van der Waals surface area (Å²) in [6, 6.07) is 0.881. The molecule has 2 rings (SSSR count). The third-order valence-electron chi connectivity index (χ3n) is 3.85. The number of hydrogen-bond acceptors (Lipinski definition) is 3. The Morgan fingerprint density at radius 1 is 1.35 bits per heavy atom. The van der Waals surface area contributed by atoms with Crippen LogP contribution in [0.4, 0.5) is 0 Å². The maximum Gasteiger partial charge on any atom is 0.304 e. The molecule has 2 fully saturated rings. The van der Waals surface area contributed by atoms with E-state index in [9.17, 15) is 4.79 Å². The largest absolute Gasteiger partial charge is 0.481 e. The zero-order valence-corrected chi connectivity index (χ0v) is 11.1. The van der Waals surface area contributed by atoms with Gasteiger partial charge < -0.3 is 10.0 Å². The van der Waals surface area contributed by atoms with Crippen LogP contribution in [-0.4, -0.2) is 59.6 Å². The van der Waals surface area contributed by atoms with Crippen LogP contribution < -0.4 is 0 Å². The quantitative estimate of drug-likeness (QED) is 0.806. The van der Waals surface area contributed by atoms with Gasteiger partial charge >= 0.3 is 5.97 Å². The molecule has 1 atom stereocenters. The zero-order chi connectivity index (χ0) is 12.6. The summed E-state index contributed by atoms with van der Waals surface area (Å²) in [7, 11) is 2.06. The van der Waals surface area contributed by atoms with E-state index < -0.39 is 5.97 Å². The van der Waals surface area contributed by atoms with Crippen LogP contribution in [0.25, 0.3) is 0 Å². The van der Waals surface area contributed by atoms with Crippen LogP contribution in [0.3, 0.4) is 0 Å². The molecule has 0 aromatic heterocycles. The van der Waals surface area contributed by atoms with E-state index in [4.69, 9.17) is 5.11 Å². The second-order valence-electron chi connectivity index (χ2n) is 6.49. The molecule has 17 heavy (non-hydrogen) atoms. The Morgan fingerprint density at radius 3 is 2.53 bits per heavy atom. The highest BCUT2D eigenvalue weighted by molar-refractivity contribution is 5.67. The van der Waals surface area contributed by atoms with Crippen LogP contribution in [0.2, 0.25) is 0 Å². The SMILES string of the molecule is CN1CC(C)(C)CN(C2CC2)CC1CC(=O)O. The number of carboxylic acids is 1. The lowest BCUT2D eigenvalue weighted by Crippen LogP contribution is -2.41. The summed E-state index contributed by atoms with van der Waals surface area (Å²) >= 11 is 0. The molecule has 4 heteroatoms. The van der Waals surface area contributed by atoms with Crippen LogP contribution in [0.5, 0.6) is 0 Å². The fourth-order valence-corrected chi connectivity index (χ4v) is 3.02. The van der Waals surface area contributed by atoms with E-state index in [1.807, 2.05) is 0 Å². The average Bonchev–Trinajstić information content (AvgIpc) is 2.94. The molecule has 1 saturated heterocycles. The van der Waals surface area contributed by atoms with Crippen LogP contribution in [0.15, 0.2) is 0 Å². The molecule has 98 valence electrons. The summed E-state index contributed by atoms with van der Waals surface area (Å²) in [6.07, 6.45) is 2.84. The predicted molar refractivity (Wildman–Crippen MR) is 67.0 cm³/mol. The Balaban J connectivity index is 2.08. The molecule has 0 radical (unpaired) electrons. The number of aliphatic carboxylic acids is 1. The van der Waals surface area contributed by atoms with Gasteiger partial charge in [-0.15, -0.1) is 0 Å². The highest BCUT2D eigenvalue weighted by Gasteiger charge is 2.39. The molecule has 1 heterocycles. The van der Waals surface area contributed by atoms with E-state index in [0.717, 1.165) is 25.7 Å². The van der Waals surface area contributed by atoms with Crippen LogP contribution in [-0.2, 0) is 4.79 Å². The Kier molecular flexibility index (Phi) is 3.46. The lowest BCUT2D eigenvalue weighted by molar-refractivity contribution is -0.138. The van der Waals surface area contributed by atoms with Gasteiger partial charge in [0.05, 0.1) is 6.42 Å². The van der Waals surface area contributed by atoms with E-state index in [-0.39, 0.29) is 17.9 Å². The molecule has 0 aromatic rings. The Hall–Kier alpha value is -0.610. The number of carboxylic acid groups (broad SMARTS) is 1. The van der Waals surface area contributed by atoms with Gasteiger partial charge in [0.1, 0.15) is 0 Å². The summed E-state index contributed by atoms with van der Waals surface area (Å²) < 4.78 is 0. The Bertz CT molecular complexity index is 300. The molecule has 1 saturated carbocycles. The van der Waals surface area contributed by atoms with Crippen molar-refractivity contribution in [3.05, 3.63) is 0 Å². The van der Waals surface area contributed by atoms with Gasteiger partial charge in [-0.25, -0.2) is 0 Å². The third-order valence-corrected chi connectivity index (χ3v) is 3.85. The first kappa shape index (κ1) is 12.8. The smallest absolute Gasteiger partial charge is 0.304 e. The number of rotatable bonds is 3. The van der Waals surface area contributed by atoms with Crippen LogP contribution in [0, 0.1) is 5.41 Å². The molecule has 1 aliphatic carbocycles. The van der Waals surface area contributed by atoms with Crippen LogP contribution >= 0.6 is 0 Å². The summed E-state index contributed by atoms with van der Waals surface area (Å²) in [5.41, 5.74) is 0.255. The minimum Gasteiger partial charge on any atom is -0.481 e. The molecule has 0 aromatic carbocycles. The fourth-order valence-electron chi connectivity index (χ4n) is 3.02. The zero-order valence-electron chi connectivity index (χ0n) is 11.1. The van der Waals surface area contributed by atoms with Gasteiger partial charge in [-0.05, 0) is 25.3 Å². The van der Waals surface area contributed by atoms with Gasteiger partial charge in [-0.2, -0.15) is 0 Å². The first-order chi connectivity index (χ1) is 7.87. The fraction of sp³-hybridized carbons (Fsp3) is 0.923. The minimum absolute atomic E-state index is 0.162. The maximum absolute atomic E-state index is 10.9. The van der Waals surface area contributed by atoms with Gasteiger partial charge in [-0.3, -0.25) is 9.69 Å². The summed E-state index contributed by atoms with van der Waals surface area (Å²) in [5.74, 6) is -0.683. The van der Waals surface area contributed by atoms with Crippen molar-refractivity contribution in [3.63, 3.8) is 0 Å². The van der Waals surface area contributed by atoms with Gasteiger partial charge in [0.2, 0.25) is 0 Å². The molecular formula is C13H24N2O2. The number of carbonyl (C=O) groups is 1. The van der Waals surface area contributed by atoms with E-state index in [1.54, 1.807) is 0 Å². The van der Waals surface area contributed by atoms with Gasteiger partial charge in [0.15, 0.2) is 0 Å². The lowest BCUT2D eigenvalue weighted by atomic mass is 9.92. The van der Waals surface area contributed by atoms with E-state index in [1.165, 1.54) is 12.8 Å². The minimum atomic E-state index is -0.683. The normalized spacial score (nSPS) is 31.1. The molecule has 1 unspecified atom stereocenters. The van der Waals surface area contributed by atoms with Crippen molar-refractivity contribution in [3.8, 4) is 0 Å². The predicted octanol–water partition coefficient (Wildman–Crippen LogP) is 1.27. The molecular weight excluding hydrogens is 216 g/mol. The summed E-state index contributed by atoms with van der Waals surface area (Å²) in [6.45, 7) is 7.55. The summed E-state index contributed by atoms with van der Waals surface area (Å²) in [4.78, 5) is 15.7. The van der Waals surface area contributed by atoms with E-state index >= 15 is 0 Å². The molecule has 2 aliphatic rings. The number of likely N-dealkylation sites (N-methyl/N-ethyl adjacent to an activating group) is 1. The van der Waals surface area contributed by atoms with Gasteiger partial charge in [0, 0.05) is 31.7 Å². The van der Waals surface area contributed by atoms with Crippen molar-refractivity contribution in [1.29, 1.82) is 0 Å². The molecule has 0 spiro atoms. The van der Waals surface area contributed by atoms with Crippen molar-refractivity contribution in [2.45, 2.75) is 45.2 Å². The lowest BCUT2D eigenvalue weighted by Gasteiger charge is -2.30. The topological polar surface area (TPSA) is 43.8 Å². The molecule has 4 nitrogen and oxygen atoms in total. The van der Waals surface area contributed by atoms with Crippen molar-refractivity contribution in [2.75, 3.05) is 26.7 Å². The monoisotopic (exact) mass is 240 g/mol. The van der Waals surface area contributed by atoms with Gasteiger partial charge in [0.25, 0.3) is 0 Å². The van der Waals surface area contributed by atoms with Crippen molar-refractivity contribution < 1.29 is 9.90 Å². The van der Waals surface area contributed by atoms with E-state index in [0.29, 0.717) is 0 Å². The van der Waals surface area contributed by atoms with Gasteiger partial charge in [-0.1, -0.05) is 13.8 Å². The second kappa shape index (κ2) is 4.58. The molecule has 1 N–H and O–H groups in total. The molecule has 1 aliphatic heterocycles. The maximum atomic E-state index is 10.9. The van der Waals surface area contributed by atoms with Crippen molar-refractivity contribution in [1.82, 2.24) is 9.80 Å². The number of nitrogens with zero attached hydrogens (tertiary/aromatic N) is 2. The standard InChI is InChI=1S/C13H24N2O2/c1-13(2)8-14(3)11(6-12(16)17)7-15(9-13)10-4-5-10/h10-11H,4-9H2,1-3H3,(H,16,17). The molecule has 0 amide bonds. The van der Waals surface area contributed by atoms with Crippen molar-refractivity contribution in [2.24, 2.45) is 5.41 Å². The Morgan fingerprint density at radius 2 is 2.00 bits per heavy atom. The summed E-state index contributed by atoms with van der Waals surface area (Å²) in [5, 5.41) is 9.00. The highest BCUT2D eigenvalue weighted by Crippen LogP contribution is 2.33. The first-order valence-electron chi connectivity index (χ1n) is 6.53. The third kappa shape index (κ3) is 3.42. The molecule has 0 bridgehead atoms. The van der Waals surface area contributed by atoms with E-state index in [2.05, 4.69) is 30.7 Å². The number of hydrogen-bond donors (Lipinski definition) is 1. The average molecular weight is 240 g/mol. The highest BCUT2D eigenvalue weighted by atomic mass is 16.4. The Labute approximate surface area is 104 Å². The van der Waals surface area contributed by atoms with Crippen molar-refractivity contribution >= 4 is 5.97 Å². The first-order valence-corrected chi connectivity index (χ1v) is 6.53.